The Morgan fingerprint density at radius 2 is 2.07 bits per heavy atom. The molecule has 0 aliphatic carbocycles. The fourth-order valence-electron chi connectivity index (χ4n) is 1.26. The van der Waals surface area contributed by atoms with Crippen LogP contribution < -0.4 is 5.32 Å². The van der Waals surface area contributed by atoms with Gasteiger partial charge >= 0.3 is 0 Å². The van der Waals surface area contributed by atoms with E-state index in [9.17, 15) is 5.11 Å². The topological polar surface area (TPSA) is 41.5 Å². The number of hydrogen-bond donors (Lipinski definition) is 2. The van der Waals surface area contributed by atoms with Gasteiger partial charge in [0.25, 0.3) is 0 Å². The van der Waals surface area contributed by atoms with Crippen LogP contribution >= 0.6 is 0 Å². The molecule has 0 saturated carbocycles. The minimum Gasteiger partial charge on any atom is -0.389 e. The first-order valence-electron chi connectivity index (χ1n) is 5.33. The minimum absolute atomic E-state index is 0.377. The molecule has 1 aromatic rings. The maximum atomic E-state index is 9.47. The van der Waals surface area contributed by atoms with Gasteiger partial charge in [-0.25, -0.2) is 0 Å². The predicted octanol–water partition coefficient (Wildman–Crippen LogP) is 1.17. The van der Waals surface area contributed by atoms with Crippen LogP contribution in [0.15, 0.2) is 30.3 Å². The lowest BCUT2D eigenvalue weighted by Gasteiger charge is -2.11. The highest BCUT2D eigenvalue weighted by Crippen LogP contribution is 2.00. The van der Waals surface area contributed by atoms with E-state index < -0.39 is 6.10 Å². The quantitative estimate of drug-likeness (QED) is 0.708. The van der Waals surface area contributed by atoms with Crippen molar-refractivity contribution in [2.24, 2.45) is 0 Å². The molecule has 2 N–H and O–H groups in total. The molecule has 0 heterocycles. The fraction of sp³-hybridized carbons (Fsp3) is 0.500. The number of benzene rings is 1. The first-order chi connectivity index (χ1) is 7.33. The molecule has 0 aliphatic rings. The number of ether oxygens (including phenoxy) is 1. The summed E-state index contributed by atoms with van der Waals surface area (Å²) in [5.41, 5.74) is 1.13. The molecule has 1 aromatic carbocycles. The lowest BCUT2D eigenvalue weighted by atomic mass is 10.2. The van der Waals surface area contributed by atoms with Gasteiger partial charge < -0.3 is 15.2 Å². The Balaban J connectivity index is 2.11. The summed E-state index contributed by atoms with van der Waals surface area (Å²) in [7, 11) is 0. The van der Waals surface area contributed by atoms with Crippen molar-refractivity contribution >= 4 is 0 Å². The molecule has 0 bridgehead atoms. The second-order valence-electron chi connectivity index (χ2n) is 3.46. The van der Waals surface area contributed by atoms with E-state index in [2.05, 4.69) is 5.32 Å². The Hall–Kier alpha value is -0.900. The predicted molar refractivity (Wildman–Crippen MR) is 60.6 cm³/mol. The molecule has 0 saturated heterocycles. The highest BCUT2D eigenvalue weighted by atomic mass is 16.5. The summed E-state index contributed by atoms with van der Waals surface area (Å²) in [6.07, 6.45) is -0.423. The van der Waals surface area contributed by atoms with E-state index in [0.29, 0.717) is 19.8 Å². The Bertz CT molecular complexity index is 251. The maximum Gasteiger partial charge on any atom is 0.0897 e. The first kappa shape index (κ1) is 12.2. The highest BCUT2D eigenvalue weighted by molar-refractivity contribution is 5.13. The van der Waals surface area contributed by atoms with Crippen LogP contribution in [0.5, 0.6) is 0 Å². The van der Waals surface area contributed by atoms with E-state index >= 15 is 0 Å². The third-order valence-corrected chi connectivity index (χ3v) is 2.05. The van der Waals surface area contributed by atoms with Crippen molar-refractivity contribution in [1.29, 1.82) is 0 Å². The van der Waals surface area contributed by atoms with Crippen molar-refractivity contribution in [2.75, 3.05) is 19.7 Å². The number of nitrogens with one attached hydrogen (secondary N) is 1. The van der Waals surface area contributed by atoms with E-state index in [0.717, 1.165) is 12.1 Å². The molecule has 1 rings (SSSR count). The van der Waals surface area contributed by atoms with Crippen molar-refractivity contribution in [1.82, 2.24) is 5.32 Å². The van der Waals surface area contributed by atoms with E-state index in [1.54, 1.807) is 0 Å². The van der Waals surface area contributed by atoms with Gasteiger partial charge in [0, 0.05) is 6.54 Å². The number of aliphatic hydroxyl groups excluding tert-OH is 1. The van der Waals surface area contributed by atoms with Crippen LogP contribution in [0.3, 0.4) is 0 Å². The van der Waals surface area contributed by atoms with Gasteiger partial charge in [-0.3, -0.25) is 0 Å². The molecule has 1 atom stereocenters. The van der Waals surface area contributed by atoms with Crippen LogP contribution in [-0.4, -0.2) is 30.9 Å². The number of hydrogen-bond acceptors (Lipinski definition) is 3. The second-order valence-corrected chi connectivity index (χ2v) is 3.46. The van der Waals surface area contributed by atoms with E-state index in [1.807, 2.05) is 37.3 Å². The molecule has 0 spiro atoms. The summed E-state index contributed by atoms with van der Waals surface area (Å²) >= 11 is 0. The molecule has 84 valence electrons. The van der Waals surface area contributed by atoms with Crippen molar-refractivity contribution in [3.63, 3.8) is 0 Å². The van der Waals surface area contributed by atoms with Crippen LogP contribution in [-0.2, 0) is 11.3 Å². The van der Waals surface area contributed by atoms with Gasteiger partial charge in [-0.15, -0.1) is 0 Å². The van der Waals surface area contributed by atoms with Crippen molar-refractivity contribution in [3.05, 3.63) is 35.9 Å². The summed E-state index contributed by atoms with van der Waals surface area (Å²) in [6.45, 7) is 4.41. The zero-order valence-electron chi connectivity index (χ0n) is 9.15. The average molecular weight is 209 g/mol. The zero-order chi connectivity index (χ0) is 10.9. The average Bonchev–Trinajstić information content (AvgIpc) is 2.28. The van der Waals surface area contributed by atoms with Crippen molar-refractivity contribution < 1.29 is 9.84 Å². The number of rotatable bonds is 7. The van der Waals surface area contributed by atoms with Gasteiger partial charge in [-0.2, -0.15) is 0 Å². The van der Waals surface area contributed by atoms with Crippen LogP contribution in [0.1, 0.15) is 12.5 Å². The molecule has 0 radical (unpaired) electrons. The van der Waals surface area contributed by atoms with Gasteiger partial charge in [0.05, 0.1) is 19.3 Å². The van der Waals surface area contributed by atoms with Gasteiger partial charge in [0.15, 0.2) is 0 Å². The van der Waals surface area contributed by atoms with Gasteiger partial charge in [0.1, 0.15) is 0 Å². The third-order valence-electron chi connectivity index (χ3n) is 2.05. The third kappa shape index (κ3) is 5.52. The monoisotopic (exact) mass is 209 g/mol. The zero-order valence-corrected chi connectivity index (χ0v) is 9.15. The smallest absolute Gasteiger partial charge is 0.0897 e. The molecular formula is C12H19NO2. The molecule has 0 aromatic heterocycles. The summed E-state index contributed by atoms with van der Waals surface area (Å²) in [5.74, 6) is 0. The van der Waals surface area contributed by atoms with E-state index in [-0.39, 0.29) is 0 Å². The second kappa shape index (κ2) is 7.40. The van der Waals surface area contributed by atoms with Crippen LogP contribution in [0.4, 0.5) is 0 Å². The summed E-state index contributed by atoms with van der Waals surface area (Å²) in [4.78, 5) is 0. The van der Waals surface area contributed by atoms with Gasteiger partial charge in [0.2, 0.25) is 0 Å². The van der Waals surface area contributed by atoms with Gasteiger partial charge in [-0.05, 0) is 12.1 Å². The normalized spacial score (nSPS) is 12.7. The Labute approximate surface area is 91.1 Å². The Morgan fingerprint density at radius 1 is 1.33 bits per heavy atom. The summed E-state index contributed by atoms with van der Waals surface area (Å²) in [5, 5.41) is 12.5. The minimum atomic E-state index is -0.423. The molecule has 0 amide bonds. The highest BCUT2D eigenvalue weighted by Gasteiger charge is 2.02. The van der Waals surface area contributed by atoms with Crippen LogP contribution in [0.25, 0.3) is 0 Å². The summed E-state index contributed by atoms with van der Waals surface area (Å²) in [6, 6.07) is 9.96. The standard InChI is InChI=1S/C12H19NO2/c1-2-13-8-12(14)10-15-9-11-6-4-3-5-7-11/h3-7,12-14H,2,8-10H2,1H3. The Morgan fingerprint density at radius 3 is 2.73 bits per heavy atom. The molecule has 1 unspecified atom stereocenters. The lowest BCUT2D eigenvalue weighted by molar-refractivity contribution is 0.0291. The van der Waals surface area contributed by atoms with E-state index in [4.69, 9.17) is 4.74 Å². The maximum absolute atomic E-state index is 9.47. The molecule has 15 heavy (non-hydrogen) atoms. The lowest BCUT2D eigenvalue weighted by Crippen LogP contribution is -2.30. The Kier molecular flexibility index (Phi) is 6.00. The molecule has 0 aliphatic heterocycles. The SMILES string of the molecule is CCNCC(O)COCc1ccccc1. The van der Waals surface area contributed by atoms with Gasteiger partial charge in [-0.1, -0.05) is 37.3 Å². The van der Waals surface area contributed by atoms with Crippen LogP contribution in [0.2, 0.25) is 0 Å². The number of likely N-dealkylation sites (N-methyl/N-ethyl adjacent to an activating group) is 1. The summed E-state index contributed by atoms with van der Waals surface area (Å²) < 4.78 is 5.39. The number of aliphatic hydroxyl groups is 1. The van der Waals surface area contributed by atoms with Crippen LogP contribution in [0, 0.1) is 0 Å². The van der Waals surface area contributed by atoms with Crippen molar-refractivity contribution in [3.8, 4) is 0 Å². The fourth-order valence-corrected chi connectivity index (χ4v) is 1.26. The van der Waals surface area contributed by atoms with E-state index in [1.165, 1.54) is 0 Å². The van der Waals surface area contributed by atoms with Crippen molar-refractivity contribution in [2.45, 2.75) is 19.6 Å². The molecule has 3 heteroatoms. The molecular weight excluding hydrogens is 190 g/mol. The molecule has 0 fully saturated rings. The largest absolute Gasteiger partial charge is 0.389 e. The molecule has 3 nitrogen and oxygen atoms in total. The first-order valence-corrected chi connectivity index (χ1v) is 5.33.